The summed E-state index contributed by atoms with van der Waals surface area (Å²) in [7, 11) is 4.24. The lowest BCUT2D eigenvalue weighted by atomic mass is 9.97. The van der Waals surface area contributed by atoms with Crippen LogP contribution >= 0.6 is 11.3 Å². The Morgan fingerprint density at radius 3 is 2.86 bits per heavy atom. The van der Waals surface area contributed by atoms with Crippen molar-refractivity contribution in [1.29, 1.82) is 0 Å². The first-order valence-corrected chi connectivity index (χ1v) is 8.30. The molecule has 0 fully saturated rings. The van der Waals surface area contributed by atoms with Crippen molar-refractivity contribution in [2.24, 2.45) is 0 Å². The predicted octanol–water partition coefficient (Wildman–Crippen LogP) is 3.07. The van der Waals surface area contributed by atoms with E-state index in [1.807, 2.05) is 17.5 Å². The van der Waals surface area contributed by atoms with Crippen LogP contribution in [-0.4, -0.2) is 35.4 Å². The average Bonchev–Trinajstić information content (AvgIpc) is 2.83. The molecule has 112 valence electrons. The highest BCUT2D eigenvalue weighted by Gasteiger charge is 2.19. The summed E-state index contributed by atoms with van der Waals surface area (Å²) in [6, 6.07) is 4.48. The molecule has 0 radical (unpaired) electrons. The van der Waals surface area contributed by atoms with Crippen LogP contribution in [0.25, 0.3) is 0 Å². The van der Waals surface area contributed by atoms with E-state index in [4.69, 9.17) is 0 Å². The van der Waals surface area contributed by atoms with Crippen molar-refractivity contribution >= 4 is 11.3 Å². The molecule has 0 bridgehead atoms. The number of aryl methyl sites for hydroxylation is 1. The maximum atomic E-state index is 4.45. The molecule has 3 heterocycles. The van der Waals surface area contributed by atoms with Crippen LogP contribution in [-0.2, 0) is 26.1 Å². The number of nitrogens with zero attached hydrogens (tertiary/aromatic N) is 3. The van der Waals surface area contributed by atoms with Gasteiger partial charge in [0, 0.05) is 48.3 Å². The summed E-state index contributed by atoms with van der Waals surface area (Å²) in [5.74, 6) is 0. The topological polar surface area (TPSA) is 19.4 Å². The Kier molecular flexibility index (Phi) is 4.38. The van der Waals surface area contributed by atoms with Gasteiger partial charge in [-0.05, 0) is 56.3 Å². The summed E-state index contributed by atoms with van der Waals surface area (Å²) in [4.78, 5) is 12.1. The lowest BCUT2D eigenvalue weighted by molar-refractivity contribution is 0.246. The summed E-state index contributed by atoms with van der Waals surface area (Å²) in [6.07, 6.45) is 5.24. The van der Waals surface area contributed by atoms with E-state index in [2.05, 4.69) is 54.1 Å². The molecule has 0 N–H and O–H groups in total. The Morgan fingerprint density at radius 2 is 2.14 bits per heavy atom. The van der Waals surface area contributed by atoms with Crippen LogP contribution in [0, 0.1) is 6.92 Å². The van der Waals surface area contributed by atoms with Crippen LogP contribution in [0.4, 0.5) is 0 Å². The van der Waals surface area contributed by atoms with Crippen LogP contribution in [0.5, 0.6) is 0 Å². The standard InChI is InChI=1S/C17H23N3S/c1-13-4-5-16(21-13)12-20-7-6-17-14(10-19(2)3)8-18-9-15(17)11-20/h4-5,8-9H,6-7,10-12H2,1-3H3. The lowest BCUT2D eigenvalue weighted by Crippen LogP contribution is -2.31. The van der Waals surface area contributed by atoms with Gasteiger partial charge >= 0.3 is 0 Å². The van der Waals surface area contributed by atoms with Gasteiger partial charge in [0.05, 0.1) is 0 Å². The third-order valence-electron chi connectivity index (χ3n) is 3.97. The number of fused-ring (bicyclic) bond motifs is 1. The fourth-order valence-electron chi connectivity index (χ4n) is 3.03. The van der Waals surface area contributed by atoms with Crippen molar-refractivity contribution in [1.82, 2.24) is 14.8 Å². The molecular formula is C17H23N3S. The first-order valence-electron chi connectivity index (χ1n) is 7.49. The largest absolute Gasteiger partial charge is 0.305 e. The fraction of sp³-hybridized carbons (Fsp3) is 0.471. The van der Waals surface area contributed by atoms with Crippen molar-refractivity contribution in [3.05, 3.63) is 51.0 Å². The number of rotatable bonds is 4. The molecule has 0 amide bonds. The SMILES string of the molecule is Cc1ccc(CN2CCc3c(CN(C)C)cncc3C2)s1. The Labute approximate surface area is 131 Å². The summed E-state index contributed by atoms with van der Waals surface area (Å²) < 4.78 is 0. The first-order chi connectivity index (χ1) is 10.1. The van der Waals surface area contributed by atoms with E-state index in [-0.39, 0.29) is 0 Å². The van der Waals surface area contributed by atoms with Crippen LogP contribution in [0.3, 0.4) is 0 Å². The van der Waals surface area contributed by atoms with Gasteiger partial charge in [0.2, 0.25) is 0 Å². The Morgan fingerprint density at radius 1 is 1.29 bits per heavy atom. The van der Waals surface area contributed by atoms with Gasteiger partial charge in [-0.25, -0.2) is 0 Å². The van der Waals surface area contributed by atoms with E-state index < -0.39 is 0 Å². The maximum Gasteiger partial charge on any atom is 0.0331 e. The van der Waals surface area contributed by atoms with Gasteiger partial charge < -0.3 is 4.90 Å². The predicted molar refractivity (Wildman–Crippen MR) is 88.5 cm³/mol. The second kappa shape index (κ2) is 6.26. The van der Waals surface area contributed by atoms with E-state index in [1.54, 1.807) is 0 Å². The number of thiophene rings is 1. The molecule has 4 heteroatoms. The zero-order valence-electron chi connectivity index (χ0n) is 13.1. The number of aromatic nitrogens is 1. The summed E-state index contributed by atoms with van der Waals surface area (Å²) in [5.41, 5.74) is 4.33. The summed E-state index contributed by atoms with van der Waals surface area (Å²) in [6.45, 7) is 6.40. The molecule has 0 atom stereocenters. The van der Waals surface area contributed by atoms with Crippen LogP contribution in [0.1, 0.15) is 26.4 Å². The molecule has 0 spiro atoms. The molecule has 2 aromatic heterocycles. The molecule has 0 aliphatic carbocycles. The zero-order valence-corrected chi connectivity index (χ0v) is 13.9. The second-order valence-electron chi connectivity index (χ2n) is 6.15. The van der Waals surface area contributed by atoms with Crippen molar-refractivity contribution in [3.63, 3.8) is 0 Å². The number of pyridine rings is 1. The molecule has 0 saturated carbocycles. The fourth-order valence-corrected chi connectivity index (χ4v) is 3.96. The van der Waals surface area contributed by atoms with Gasteiger partial charge in [-0.15, -0.1) is 11.3 Å². The lowest BCUT2D eigenvalue weighted by Gasteiger charge is -2.29. The molecule has 1 aliphatic rings. The second-order valence-corrected chi connectivity index (χ2v) is 7.52. The molecule has 21 heavy (non-hydrogen) atoms. The molecule has 0 aromatic carbocycles. The average molecular weight is 301 g/mol. The molecule has 0 unspecified atom stereocenters. The van der Waals surface area contributed by atoms with Crippen molar-refractivity contribution in [2.75, 3.05) is 20.6 Å². The normalized spacial score (nSPS) is 15.4. The van der Waals surface area contributed by atoms with E-state index in [0.717, 1.165) is 32.6 Å². The first kappa shape index (κ1) is 14.7. The van der Waals surface area contributed by atoms with Gasteiger partial charge in [-0.1, -0.05) is 0 Å². The third kappa shape index (κ3) is 3.51. The van der Waals surface area contributed by atoms with E-state index >= 15 is 0 Å². The van der Waals surface area contributed by atoms with Crippen molar-refractivity contribution in [2.45, 2.75) is 33.0 Å². The van der Waals surface area contributed by atoms with Crippen molar-refractivity contribution in [3.8, 4) is 0 Å². The summed E-state index contributed by atoms with van der Waals surface area (Å²) >= 11 is 1.91. The quantitative estimate of drug-likeness (QED) is 0.865. The van der Waals surface area contributed by atoms with Crippen LogP contribution < -0.4 is 0 Å². The van der Waals surface area contributed by atoms with Gasteiger partial charge in [0.15, 0.2) is 0 Å². The molecular weight excluding hydrogens is 278 g/mol. The van der Waals surface area contributed by atoms with Gasteiger partial charge in [0.1, 0.15) is 0 Å². The smallest absolute Gasteiger partial charge is 0.0331 e. The Hall–Kier alpha value is -1.23. The Bertz CT molecular complexity index is 618. The minimum Gasteiger partial charge on any atom is -0.305 e. The molecule has 2 aromatic rings. The van der Waals surface area contributed by atoms with Gasteiger partial charge in [-0.2, -0.15) is 0 Å². The molecule has 3 nitrogen and oxygen atoms in total. The molecule has 3 rings (SSSR count). The number of hydrogen-bond donors (Lipinski definition) is 0. The van der Waals surface area contributed by atoms with Crippen LogP contribution in [0.15, 0.2) is 24.5 Å². The van der Waals surface area contributed by atoms with E-state index in [0.29, 0.717) is 0 Å². The monoisotopic (exact) mass is 301 g/mol. The highest BCUT2D eigenvalue weighted by molar-refractivity contribution is 7.11. The minimum absolute atomic E-state index is 0.986. The van der Waals surface area contributed by atoms with Crippen LogP contribution in [0.2, 0.25) is 0 Å². The van der Waals surface area contributed by atoms with E-state index in [9.17, 15) is 0 Å². The Balaban J connectivity index is 1.73. The molecule has 0 saturated heterocycles. The highest BCUT2D eigenvalue weighted by Crippen LogP contribution is 2.25. The molecule has 1 aliphatic heterocycles. The third-order valence-corrected chi connectivity index (χ3v) is 4.96. The van der Waals surface area contributed by atoms with E-state index in [1.165, 1.54) is 26.4 Å². The summed E-state index contributed by atoms with van der Waals surface area (Å²) in [5, 5.41) is 0. The van der Waals surface area contributed by atoms with Gasteiger partial charge in [0.25, 0.3) is 0 Å². The minimum atomic E-state index is 0.986. The number of hydrogen-bond acceptors (Lipinski definition) is 4. The maximum absolute atomic E-state index is 4.45. The van der Waals surface area contributed by atoms with Crippen molar-refractivity contribution < 1.29 is 0 Å². The zero-order chi connectivity index (χ0) is 14.8. The van der Waals surface area contributed by atoms with Gasteiger partial charge in [-0.3, -0.25) is 9.88 Å². The highest BCUT2D eigenvalue weighted by atomic mass is 32.1.